The number of ether oxygens (including phenoxy) is 1. The van der Waals surface area contributed by atoms with Gasteiger partial charge in [-0.15, -0.1) is 0 Å². The second-order valence-electron chi connectivity index (χ2n) is 5.20. The molecule has 3 aromatic rings. The molecule has 0 unspecified atom stereocenters. The summed E-state index contributed by atoms with van der Waals surface area (Å²) in [6, 6.07) is 11.3. The number of anilines is 1. The zero-order valence-corrected chi connectivity index (χ0v) is 13.3. The van der Waals surface area contributed by atoms with Crippen LogP contribution in [0.25, 0.3) is 5.69 Å². The van der Waals surface area contributed by atoms with Crippen molar-refractivity contribution in [3.8, 4) is 11.4 Å². The number of rotatable bonds is 5. The number of benzene rings is 1. The average molecular weight is 348 g/mol. The Bertz CT molecular complexity index is 844. The predicted octanol–water partition coefficient (Wildman–Crippen LogP) is 3.91. The van der Waals surface area contributed by atoms with Crippen molar-refractivity contribution >= 4 is 5.82 Å². The molecule has 0 bridgehead atoms. The third kappa shape index (κ3) is 3.90. The van der Waals surface area contributed by atoms with Crippen LogP contribution in [0.3, 0.4) is 0 Å². The molecule has 5 nitrogen and oxygen atoms in total. The summed E-state index contributed by atoms with van der Waals surface area (Å²) < 4.78 is 45.6. The third-order valence-corrected chi connectivity index (χ3v) is 3.53. The van der Waals surface area contributed by atoms with Crippen LogP contribution in [0.5, 0.6) is 5.75 Å². The Labute approximate surface area is 142 Å². The summed E-state index contributed by atoms with van der Waals surface area (Å²) >= 11 is 0. The van der Waals surface area contributed by atoms with Gasteiger partial charge in [-0.05, 0) is 42.5 Å². The van der Waals surface area contributed by atoms with E-state index in [1.807, 2.05) is 12.1 Å². The molecule has 0 aliphatic heterocycles. The van der Waals surface area contributed by atoms with Gasteiger partial charge in [0.1, 0.15) is 11.6 Å². The lowest BCUT2D eigenvalue weighted by atomic mass is 10.2. The molecule has 0 radical (unpaired) electrons. The van der Waals surface area contributed by atoms with Gasteiger partial charge in [-0.2, -0.15) is 18.3 Å². The van der Waals surface area contributed by atoms with E-state index >= 15 is 0 Å². The molecule has 0 fully saturated rings. The van der Waals surface area contributed by atoms with Crippen molar-refractivity contribution in [1.82, 2.24) is 14.8 Å². The van der Waals surface area contributed by atoms with Crippen molar-refractivity contribution in [2.24, 2.45) is 0 Å². The Hall–Kier alpha value is -3.03. The maximum absolute atomic E-state index is 13.0. The fraction of sp³-hybridized carbons (Fsp3) is 0.176. The van der Waals surface area contributed by atoms with Gasteiger partial charge in [-0.3, -0.25) is 0 Å². The van der Waals surface area contributed by atoms with Crippen LogP contribution in [0.2, 0.25) is 0 Å². The Morgan fingerprint density at radius 3 is 2.56 bits per heavy atom. The van der Waals surface area contributed by atoms with Gasteiger partial charge in [-0.1, -0.05) is 0 Å². The second kappa shape index (κ2) is 6.84. The Balaban J connectivity index is 1.72. The van der Waals surface area contributed by atoms with Gasteiger partial charge in [0, 0.05) is 12.4 Å². The first kappa shape index (κ1) is 16.8. The highest BCUT2D eigenvalue weighted by Gasteiger charge is 2.34. The van der Waals surface area contributed by atoms with Crippen molar-refractivity contribution in [2.45, 2.75) is 12.7 Å². The lowest BCUT2D eigenvalue weighted by Crippen LogP contribution is -2.12. The SMILES string of the molecule is COc1ccc(-n2ccc(CNc3ncccc3C(F)(F)F)n2)cc1. The minimum Gasteiger partial charge on any atom is -0.497 e. The van der Waals surface area contributed by atoms with Gasteiger partial charge in [0.15, 0.2) is 0 Å². The molecule has 1 aromatic carbocycles. The van der Waals surface area contributed by atoms with Crippen LogP contribution in [-0.2, 0) is 12.7 Å². The summed E-state index contributed by atoms with van der Waals surface area (Å²) in [5.41, 5.74) is 0.611. The fourth-order valence-electron chi connectivity index (χ4n) is 2.28. The van der Waals surface area contributed by atoms with Crippen molar-refractivity contribution in [3.05, 3.63) is 66.1 Å². The van der Waals surface area contributed by atoms with Gasteiger partial charge in [0.2, 0.25) is 0 Å². The molecule has 0 aliphatic rings. The standard InChI is InChI=1S/C17H15F3N4O/c1-25-14-6-4-13(5-7-14)24-10-8-12(23-24)11-22-16-15(17(18,19)20)3-2-9-21-16/h2-10H,11H2,1H3,(H,21,22). The van der Waals surface area contributed by atoms with Gasteiger partial charge in [0.05, 0.1) is 30.6 Å². The molecule has 2 aromatic heterocycles. The first-order valence-electron chi connectivity index (χ1n) is 7.42. The Kier molecular flexibility index (Phi) is 4.60. The van der Waals surface area contributed by atoms with E-state index in [0.717, 1.165) is 17.5 Å². The highest BCUT2D eigenvalue weighted by Crippen LogP contribution is 2.33. The molecule has 3 rings (SSSR count). The predicted molar refractivity (Wildman–Crippen MR) is 86.7 cm³/mol. The summed E-state index contributed by atoms with van der Waals surface area (Å²) in [6.45, 7) is 0.128. The normalized spacial score (nSPS) is 11.4. The number of alkyl halides is 3. The van der Waals surface area contributed by atoms with E-state index in [4.69, 9.17) is 4.74 Å². The Morgan fingerprint density at radius 2 is 1.88 bits per heavy atom. The van der Waals surface area contributed by atoms with Crippen molar-refractivity contribution in [2.75, 3.05) is 12.4 Å². The number of nitrogens with zero attached hydrogens (tertiary/aromatic N) is 3. The molecule has 2 heterocycles. The fourth-order valence-corrected chi connectivity index (χ4v) is 2.28. The van der Waals surface area contributed by atoms with Crippen LogP contribution in [0, 0.1) is 0 Å². The highest BCUT2D eigenvalue weighted by molar-refractivity contribution is 5.45. The highest BCUT2D eigenvalue weighted by atomic mass is 19.4. The Morgan fingerprint density at radius 1 is 1.12 bits per heavy atom. The van der Waals surface area contributed by atoms with Crippen LogP contribution < -0.4 is 10.1 Å². The number of methoxy groups -OCH3 is 1. The maximum Gasteiger partial charge on any atom is 0.419 e. The van der Waals surface area contributed by atoms with Crippen molar-refractivity contribution in [1.29, 1.82) is 0 Å². The van der Waals surface area contributed by atoms with Crippen LogP contribution in [-0.4, -0.2) is 21.9 Å². The van der Waals surface area contributed by atoms with E-state index in [9.17, 15) is 13.2 Å². The van der Waals surface area contributed by atoms with E-state index in [0.29, 0.717) is 5.69 Å². The maximum atomic E-state index is 13.0. The topological polar surface area (TPSA) is 52.0 Å². The van der Waals surface area contributed by atoms with Crippen LogP contribution in [0.4, 0.5) is 19.0 Å². The van der Waals surface area contributed by atoms with E-state index in [1.54, 1.807) is 36.2 Å². The van der Waals surface area contributed by atoms with Gasteiger partial charge < -0.3 is 10.1 Å². The van der Waals surface area contributed by atoms with Gasteiger partial charge in [0.25, 0.3) is 0 Å². The van der Waals surface area contributed by atoms with Crippen LogP contribution in [0.1, 0.15) is 11.3 Å². The smallest absolute Gasteiger partial charge is 0.419 e. The van der Waals surface area contributed by atoms with Crippen LogP contribution in [0.15, 0.2) is 54.9 Å². The summed E-state index contributed by atoms with van der Waals surface area (Å²) in [5.74, 6) is 0.515. The number of aromatic nitrogens is 3. The number of nitrogens with one attached hydrogen (secondary N) is 1. The molecule has 0 aliphatic carbocycles. The first-order valence-corrected chi connectivity index (χ1v) is 7.42. The molecule has 130 valence electrons. The van der Waals surface area contributed by atoms with Crippen molar-refractivity contribution in [3.63, 3.8) is 0 Å². The summed E-state index contributed by atoms with van der Waals surface area (Å²) in [7, 11) is 1.58. The third-order valence-electron chi connectivity index (χ3n) is 3.53. The lowest BCUT2D eigenvalue weighted by Gasteiger charge is -2.12. The number of pyridine rings is 1. The summed E-state index contributed by atoms with van der Waals surface area (Å²) in [4.78, 5) is 3.76. The van der Waals surface area contributed by atoms with Crippen molar-refractivity contribution < 1.29 is 17.9 Å². The quantitative estimate of drug-likeness (QED) is 0.760. The monoisotopic (exact) mass is 348 g/mol. The lowest BCUT2D eigenvalue weighted by molar-refractivity contribution is -0.137. The number of halogens is 3. The number of hydrogen-bond acceptors (Lipinski definition) is 4. The molecule has 0 amide bonds. The summed E-state index contributed by atoms with van der Waals surface area (Å²) in [5, 5.41) is 7.04. The first-order chi connectivity index (χ1) is 12.0. The van der Waals surface area contributed by atoms with Crippen LogP contribution >= 0.6 is 0 Å². The van der Waals surface area contributed by atoms with E-state index in [-0.39, 0.29) is 12.4 Å². The number of hydrogen-bond donors (Lipinski definition) is 1. The average Bonchev–Trinajstić information content (AvgIpc) is 3.08. The minimum atomic E-state index is -4.46. The molecular weight excluding hydrogens is 333 g/mol. The molecule has 0 saturated heterocycles. The molecule has 0 saturated carbocycles. The molecule has 1 N–H and O–H groups in total. The van der Waals surface area contributed by atoms with E-state index in [1.165, 1.54) is 12.3 Å². The molecule has 8 heteroatoms. The zero-order chi connectivity index (χ0) is 17.9. The van der Waals surface area contributed by atoms with E-state index in [2.05, 4.69) is 15.4 Å². The summed E-state index contributed by atoms with van der Waals surface area (Å²) in [6.07, 6.45) is -1.41. The largest absolute Gasteiger partial charge is 0.497 e. The van der Waals surface area contributed by atoms with Gasteiger partial charge in [-0.25, -0.2) is 9.67 Å². The second-order valence-corrected chi connectivity index (χ2v) is 5.20. The van der Waals surface area contributed by atoms with E-state index < -0.39 is 11.7 Å². The molecular formula is C17H15F3N4O. The zero-order valence-electron chi connectivity index (χ0n) is 13.3. The molecule has 0 spiro atoms. The molecule has 0 atom stereocenters. The minimum absolute atomic E-state index is 0.128. The van der Waals surface area contributed by atoms with Gasteiger partial charge >= 0.3 is 6.18 Å². The molecule has 25 heavy (non-hydrogen) atoms.